The predicted octanol–water partition coefficient (Wildman–Crippen LogP) is 3.37. The highest BCUT2D eigenvalue weighted by Gasteiger charge is 2.10. The summed E-state index contributed by atoms with van der Waals surface area (Å²) >= 11 is 3.52. The zero-order chi connectivity index (χ0) is 20.4. The van der Waals surface area contributed by atoms with E-state index in [1.165, 1.54) is 9.77 Å². The number of hydrogen-bond donors (Lipinski definition) is 1. The van der Waals surface area contributed by atoms with E-state index < -0.39 is 0 Å². The molecule has 0 saturated carbocycles. The second kappa shape index (κ2) is 13.8. The number of rotatable bonds is 9. The van der Waals surface area contributed by atoms with Gasteiger partial charge in [-0.2, -0.15) is 0 Å². The Morgan fingerprint density at radius 3 is 2.59 bits per heavy atom. The molecule has 0 bridgehead atoms. The van der Waals surface area contributed by atoms with Crippen molar-refractivity contribution in [2.24, 2.45) is 4.99 Å². The number of thiazole rings is 1. The van der Waals surface area contributed by atoms with Crippen LogP contribution in [-0.2, 0) is 11.2 Å². The quantitative estimate of drug-likeness (QED) is 0.172. The summed E-state index contributed by atoms with van der Waals surface area (Å²) in [5, 5.41) is 4.51. The Kier molecular flexibility index (Phi) is 12.2. The Morgan fingerprint density at radius 2 is 1.97 bits per heavy atom. The highest BCUT2D eigenvalue weighted by Crippen LogP contribution is 2.16. The summed E-state index contributed by atoms with van der Waals surface area (Å²) in [5.41, 5.74) is 0. The molecule has 1 aromatic carbocycles. The van der Waals surface area contributed by atoms with Crippen LogP contribution in [0.5, 0.6) is 0 Å². The van der Waals surface area contributed by atoms with Gasteiger partial charge in [-0.1, -0.05) is 18.2 Å². The van der Waals surface area contributed by atoms with Gasteiger partial charge in [-0.15, -0.1) is 47.1 Å². The third-order valence-corrected chi connectivity index (χ3v) is 5.94. The van der Waals surface area contributed by atoms with E-state index in [1.54, 1.807) is 42.1 Å². The van der Waals surface area contributed by atoms with Crippen LogP contribution in [0.3, 0.4) is 0 Å². The normalized spacial score (nSPS) is 11.0. The number of carbonyl (C=O) groups excluding carboxylic acids is 1. The number of amides is 1. The molecular weight excluding hydrogens is 517 g/mol. The van der Waals surface area contributed by atoms with Gasteiger partial charge < -0.3 is 15.1 Å². The SMILES string of the molecule is Cc1cnc(CCN(C)C(=NCC(=O)N(C)C)NCCSc2ccccc2)s1.I. The summed E-state index contributed by atoms with van der Waals surface area (Å²) in [5.74, 6) is 1.66. The first-order valence-electron chi connectivity index (χ1n) is 9.24. The molecule has 160 valence electrons. The van der Waals surface area contributed by atoms with Crippen molar-refractivity contribution in [2.45, 2.75) is 18.2 Å². The van der Waals surface area contributed by atoms with E-state index in [0.29, 0.717) is 0 Å². The number of likely N-dealkylation sites (N-methyl/N-ethyl adjacent to an activating group) is 2. The van der Waals surface area contributed by atoms with Crippen molar-refractivity contribution in [3.8, 4) is 0 Å². The fourth-order valence-electron chi connectivity index (χ4n) is 2.33. The molecule has 1 N–H and O–H groups in total. The summed E-state index contributed by atoms with van der Waals surface area (Å²) in [4.78, 5) is 27.0. The largest absolute Gasteiger partial charge is 0.355 e. The van der Waals surface area contributed by atoms with Crippen LogP contribution in [0, 0.1) is 6.92 Å². The highest BCUT2D eigenvalue weighted by atomic mass is 127. The Labute approximate surface area is 199 Å². The minimum absolute atomic E-state index is 0. The molecule has 0 aliphatic heterocycles. The van der Waals surface area contributed by atoms with Gasteiger partial charge in [-0.05, 0) is 19.1 Å². The average molecular weight is 548 g/mol. The molecule has 0 saturated heterocycles. The number of hydrogen-bond acceptors (Lipinski definition) is 5. The molecule has 2 rings (SSSR count). The van der Waals surface area contributed by atoms with E-state index >= 15 is 0 Å². The van der Waals surface area contributed by atoms with E-state index in [0.717, 1.165) is 36.2 Å². The minimum atomic E-state index is -0.0121. The van der Waals surface area contributed by atoms with Crippen molar-refractivity contribution >= 4 is 58.9 Å². The second-order valence-corrected chi connectivity index (χ2v) is 9.04. The number of aryl methyl sites for hydroxylation is 1. The number of aromatic nitrogens is 1. The Bertz CT molecular complexity index is 767. The number of nitrogens with zero attached hydrogens (tertiary/aromatic N) is 4. The van der Waals surface area contributed by atoms with Gasteiger partial charge in [0.15, 0.2) is 5.96 Å². The van der Waals surface area contributed by atoms with E-state index in [9.17, 15) is 4.79 Å². The monoisotopic (exact) mass is 547 g/mol. The fraction of sp³-hybridized carbons (Fsp3) is 0.450. The maximum Gasteiger partial charge on any atom is 0.243 e. The number of guanidine groups is 1. The van der Waals surface area contributed by atoms with Crippen molar-refractivity contribution in [2.75, 3.05) is 46.5 Å². The molecule has 0 aliphatic rings. The summed E-state index contributed by atoms with van der Waals surface area (Å²) in [7, 11) is 5.49. The molecule has 0 fully saturated rings. The van der Waals surface area contributed by atoms with Gasteiger partial charge in [0.2, 0.25) is 5.91 Å². The number of nitrogens with one attached hydrogen (secondary N) is 1. The minimum Gasteiger partial charge on any atom is -0.355 e. The Hall–Kier alpha value is -1.33. The summed E-state index contributed by atoms with van der Waals surface area (Å²) < 4.78 is 0. The molecular formula is C20H30IN5OS2. The van der Waals surface area contributed by atoms with Gasteiger partial charge >= 0.3 is 0 Å². The number of thioether (sulfide) groups is 1. The van der Waals surface area contributed by atoms with Crippen LogP contribution in [0.2, 0.25) is 0 Å². The topological polar surface area (TPSA) is 60.8 Å². The first kappa shape index (κ1) is 25.7. The van der Waals surface area contributed by atoms with Crippen molar-refractivity contribution < 1.29 is 4.79 Å². The lowest BCUT2D eigenvalue weighted by molar-refractivity contribution is -0.127. The lowest BCUT2D eigenvalue weighted by atomic mass is 10.4. The third kappa shape index (κ3) is 9.81. The van der Waals surface area contributed by atoms with Gasteiger partial charge in [-0.25, -0.2) is 9.98 Å². The zero-order valence-corrected chi connectivity index (χ0v) is 21.4. The van der Waals surface area contributed by atoms with Crippen molar-refractivity contribution in [1.82, 2.24) is 20.1 Å². The molecule has 0 atom stereocenters. The van der Waals surface area contributed by atoms with Gasteiger partial charge in [0.1, 0.15) is 6.54 Å². The van der Waals surface area contributed by atoms with Crippen LogP contribution in [0.25, 0.3) is 0 Å². The van der Waals surface area contributed by atoms with Crippen molar-refractivity contribution in [1.29, 1.82) is 0 Å². The third-order valence-electron chi connectivity index (χ3n) is 3.95. The Morgan fingerprint density at radius 1 is 1.24 bits per heavy atom. The zero-order valence-electron chi connectivity index (χ0n) is 17.4. The second-order valence-electron chi connectivity index (χ2n) is 6.55. The van der Waals surface area contributed by atoms with E-state index in [1.807, 2.05) is 31.4 Å². The van der Waals surface area contributed by atoms with Gasteiger partial charge in [0, 0.05) is 62.4 Å². The molecule has 6 nitrogen and oxygen atoms in total. The highest BCUT2D eigenvalue weighted by molar-refractivity contribution is 14.0. The predicted molar refractivity (Wildman–Crippen MR) is 135 cm³/mol. The van der Waals surface area contributed by atoms with Crippen LogP contribution in [0.4, 0.5) is 0 Å². The number of aliphatic imine (C=N–C) groups is 1. The van der Waals surface area contributed by atoms with Crippen LogP contribution in [-0.4, -0.2) is 73.2 Å². The molecule has 29 heavy (non-hydrogen) atoms. The average Bonchev–Trinajstić information content (AvgIpc) is 3.11. The van der Waals surface area contributed by atoms with Gasteiger partial charge in [0.05, 0.1) is 5.01 Å². The summed E-state index contributed by atoms with van der Waals surface area (Å²) in [6, 6.07) is 10.3. The lowest BCUT2D eigenvalue weighted by Crippen LogP contribution is -2.41. The number of benzene rings is 1. The molecule has 0 unspecified atom stereocenters. The first-order valence-corrected chi connectivity index (χ1v) is 11.0. The summed E-state index contributed by atoms with van der Waals surface area (Å²) in [6.07, 6.45) is 2.76. The molecule has 0 aliphatic carbocycles. The molecule has 0 spiro atoms. The lowest BCUT2D eigenvalue weighted by Gasteiger charge is -2.22. The van der Waals surface area contributed by atoms with Crippen LogP contribution >= 0.6 is 47.1 Å². The first-order chi connectivity index (χ1) is 13.5. The molecule has 2 aromatic rings. The van der Waals surface area contributed by atoms with Crippen LogP contribution in [0.1, 0.15) is 9.88 Å². The number of halogens is 1. The van der Waals surface area contributed by atoms with Gasteiger partial charge in [0.25, 0.3) is 0 Å². The maximum atomic E-state index is 11.9. The van der Waals surface area contributed by atoms with Crippen LogP contribution in [0.15, 0.2) is 46.4 Å². The van der Waals surface area contributed by atoms with Crippen LogP contribution < -0.4 is 5.32 Å². The van der Waals surface area contributed by atoms with Crippen molar-refractivity contribution in [3.05, 3.63) is 46.4 Å². The van der Waals surface area contributed by atoms with Crippen molar-refractivity contribution in [3.63, 3.8) is 0 Å². The standard InChI is InChI=1S/C20H29N5OS2.HI/c1-16-14-22-18(28-16)10-12-25(4)20(23-15-19(26)24(2)3)21-11-13-27-17-8-6-5-7-9-17;/h5-9,14H,10-13,15H2,1-4H3,(H,21,23);1H. The van der Waals surface area contributed by atoms with E-state index in [4.69, 9.17) is 0 Å². The molecule has 1 amide bonds. The summed E-state index contributed by atoms with van der Waals surface area (Å²) in [6.45, 7) is 3.77. The Balaban J connectivity index is 0.00000420. The molecule has 1 heterocycles. The smallest absolute Gasteiger partial charge is 0.243 e. The van der Waals surface area contributed by atoms with E-state index in [-0.39, 0.29) is 36.4 Å². The molecule has 9 heteroatoms. The maximum absolute atomic E-state index is 11.9. The van der Waals surface area contributed by atoms with Gasteiger partial charge in [-0.3, -0.25) is 4.79 Å². The molecule has 0 radical (unpaired) electrons. The fourth-order valence-corrected chi connectivity index (χ4v) is 3.90. The number of carbonyl (C=O) groups is 1. The molecule has 1 aromatic heterocycles. The van der Waals surface area contributed by atoms with E-state index in [2.05, 4.69) is 39.2 Å².